The van der Waals surface area contributed by atoms with Gasteiger partial charge in [0.05, 0.1) is 26.2 Å². The molecule has 0 bridgehead atoms. The van der Waals surface area contributed by atoms with Crippen LogP contribution in [-0.4, -0.2) is 44.3 Å². The van der Waals surface area contributed by atoms with Gasteiger partial charge in [0.1, 0.15) is 0 Å². The average Bonchev–Trinajstić information content (AvgIpc) is 2.48. The van der Waals surface area contributed by atoms with E-state index in [-0.39, 0.29) is 0 Å². The van der Waals surface area contributed by atoms with Crippen LogP contribution in [0.1, 0.15) is 44.7 Å². The summed E-state index contributed by atoms with van der Waals surface area (Å²) in [7, 11) is 2.23. The zero-order chi connectivity index (χ0) is 15.9. The molecule has 0 saturated heterocycles. The van der Waals surface area contributed by atoms with Crippen molar-refractivity contribution in [1.29, 1.82) is 0 Å². The highest BCUT2D eigenvalue weighted by atomic mass is 15.3. The molecule has 1 rings (SSSR count). The molecule has 0 aliphatic carbocycles. The number of hydrogen-bond acceptors (Lipinski definition) is 1. The lowest BCUT2D eigenvalue weighted by molar-refractivity contribution is -0.923. The van der Waals surface area contributed by atoms with Crippen molar-refractivity contribution in [3.63, 3.8) is 0 Å². The van der Waals surface area contributed by atoms with Gasteiger partial charge in [0.2, 0.25) is 0 Å². The van der Waals surface area contributed by atoms with Crippen LogP contribution >= 0.6 is 0 Å². The van der Waals surface area contributed by atoms with E-state index in [0.29, 0.717) is 0 Å². The first kappa shape index (κ1) is 18.0. The molecular weight excluding hydrogens is 256 g/mol. The van der Waals surface area contributed by atoms with Gasteiger partial charge in [-0.15, -0.1) is 0 Å². The van der Waals surface area contributed by atoms with Crippen LogP contribution in [0.25, 0.3) is 0 Å². The number of unbranched alkanes of at least 4 members (excludes halogenated alkanes) is 1. The van der Waals surface area contributed by atoms with E-state index in [2.05, 4.69) is 64.8 Å². The van der Waals surface area contributed by atoms with Gasteiger partial charge >= 0.3 is 0 Å². The molecule has 21 heavy (non-hydrogen) atoms. The minimum absolute atomic E-state index is 1.16. The molecule has 0 N–H and O–H groups in total. The molecule has 0 radical (unpaired) electrons. The van der Waals surface area contributed by atoms with Gasteiger partial charge in [0, 0.05) is 19.3 Å². The quantitative estimate of drug-likeness (QED) is 0.481. The summed E-state index contributed by atoms with van der Waals surface area (Å²) in [5.41, 5.74) is 4.19. The molecule has 0 unspecified atom stereocenters. The van der Waals surface area contributed by atoms with Crippen molar-refractivity contribution in [2.75, 3.05) is 44.7 Å². The zero-order valence-corrected chi connectivity index (χ0v) is 15.1. The average molecular weight is 292 g/mol. The second kappa shape index (κ2) is 8.43. The fourth-order valence-electron chi connectivity index (χ4n) is 3.46. The second-order valence-corrected chi connectivity index (χ2v) is 6.38. The van der Waals surface area contributed by atoms with Crippen molar-refractivity contribution in [3.8, 4) is 0 Å². The maximum Gasteiger partial charge on any atom is 0.0787 e. The minimum atomic E-state index is 1.16. The summed E-state index contributed by atoms with van der Waals surface area (Å²) in [5.74, 6) is 0. The number of quaternary nitrogens is 1. The van der Waals surface area contributed by atoms with Gasteiger partial charge in [-0.25, -0.2) is 0 Å². The van der Waals surface area contributed by atoms with Crippen molar-refractivity contribution in [3.05, 3.63) is 29.3 Å². The molecule has 0 aliphatic heterocycles. The van der Waals surface area contributed by atoms with Crippen molar-refractivity contribution in [2.45, 2.75) is 47.5 Å². The molecule has 120 valence electrons. The molecule has 0 atom stereocenters. The molecule has 0 saturated carbocycles. The van der Waals surface area contributed by atoms with Gasteiger partial charge in [-0.2, -0.15) is 0 Å². The number of benzene rings is 1. The Kier molecular flexibility index (Phi) is 7.24. The molecule has 0 spiro atoms. The smallest absolute Gasteiger partial charge is 0.0787 e. The maximum absolute atomic E-state index is 2.43. The lowest BCUT2D eigenvalue weighted by atomic mass is 10.1. The van der Waals surface area contributed by atoms with Crippen LogP contribution in [0, 0.1) is 13.8 Å². The first-order valence-electron chi connectivity index (χ1n) is 8.62. The Morgan fingerprint density at radius 3 is 1.90 bits per heavy atom. The zero-order valence-electron chi connectivity index (χ0n) is 15.1. The van der Waals surface area contributed by atoms with Crippen LogP contribution < -0.4 is 4.90 Å². The molecule has 0 heterocycles. The van der Waals surface area contributed by atoms with Crippen LogP contribution in [0.15, 0.2) is 18.2 Å². The van der Waals surface area contributed by atoms with E-state index >= 15 is 0 Å². The molecule has 1 aromatic carbocycles. The van der Waals surface area contributed by atoms with Crippen molar-refractivity contribution in [2.24, 2.45) is 0 Å². The Morgan fingerprint density at radius 1 is 0.905 bits per heavy atom. The fraction of sp³-hybridized carbons (Fsp3) is 0.684. The molecule has 0 amide bonds. The van der Waals surface area contributed by atoms with E-state index in [4.69, 9.17) is 0 Å². The normalized spacial score (nSPS) is 11.7. The van der Waals surface area contributed by atoms with Gasteiger partial charge in [-0.3, -0.25) is 0 Å². The van der Waals surface area contributed by atoms with E-state index in [9.17, 15) is 0 Å². The topological polar surface area (TPSA) is 3.24 Å². The molecule has 2 nitrogen and oxygen atoms in total. The first-order chi connectivity index (χ1) is 9.99. The number of para-hydroxylation sites is 1. The van der Waals surface area contributed by atoms with Crippen molar-refractivity contribution in [1.82, 2.24) is 0 Å². The number of aryl methyl sites for hydroxylation is 2. The fourth-order valence-corrected chi connectivity index (χ4v) is 3.46. The highest BCUT2D eigenvalue weighted by Crippen LogP contribution is 2.23. The standard InChI is InChI=1S/C19H35N2/c1-7-21(8-2,9-3)16-11-10-15-20(6)19-17(4)13-12-14-18(19)5/h12-14H,7-11,15-16H2,1-6H3/q+1. The molecule has 0 fully saturated rings. The summed E-state index contributed by atoms with van der Waals surface area (Å²) < 4.78 is 1.27. The predicted molar refractivity (Wildman–Crippen MR) is 95.2 cm³/mol. The van der Waals surface area contributed by atoms with Crippen LogP contribution in [0.5, 0.6) is 0 Å². The summed E-state index contributed by atoms with van der Waals surface area (Å²) in [4.78, 5) is 2.43. The number of anilines is 1. The molecule has 0 aromatic heterocycles. The Hall–Kier alpha value is -1.02. The third-order valence-electron chi connectivity index (χ3n) is 5.21. The minimum Gasteiger partial charge on any atom is -0.374 e. The van der Waals surface area contributed by atoms with E-state index < -0.39 is 0 Å². The van der Waals surface area contributed by atoms with Gasteiger partial charge in [0.25, 0.3) is 0 Å². The number of nitrogens with zero attached hydrogens (tertiary/aromatic N) is 2. The summed E-state index contributed by atoms with van der Waals surface area (Å²) in [6, 6.07) is 6.58. The largest absolute Gasteiger partial charge is 0.374 e. The highest BCUT2D eigenvalue weighted by molar-refractivity contribution is 5.58. The van der Waals surface area contributed by atoms with Crippen LogP contribution in [0.3, 0.4) is 0 Å². The van der Waals surface area contributed by atoms with E-state index in [1.807, 2.05) is 0 Å². The van der Waals surface area contributed by atoms with Crippen LogP contribution in [-0.2, 0) is 0 Å². The van der Waals surface area contributed by atoms with E-state index in [0.717, 1.165) is 6.54 Å². The summed E-state index contributed by atoms with van der Waals surface area (Å²) in [6.45, 7) is 17.7. The third kappa shape index (κ3) is 4.74. The maximum atomic E-state index is 2.43. The van der Waals surface area contributed by atoms with Gasteiger partial charge < -0.3 is 9.38 Å². The van der Waals surface area contributed by atoms with Crippen LogP contribution in [0.2, 0.25) is 0 Å². The predicted octanol–water partition coefficient (Wildman–Crippen LogP) is 4.40. The molecule has 2 heteroatoms. The lowest BCUT2D eigenvalue weighted by Crippen LogP contribution is -2.48. The van der Waals surface area contributed by atoms with Crippen LogP contribution in [0.4, 0.5) is 5.69 Å². The number of rotatable bonds is 9. The van der Waals surface area contributed by atoms with E-state index in [1.54, 1.807) is 0 Å². The molecule has 1 aromatic rings. The van der Waals surface area contributed by atoms with E-state index in [1.165, 1.54) is 60.3 Å². The SMILES string of the molecule is CC[N+](CC)(CC)CCCCN(C)c1c(C)cccc1C. The van der Waals surface area contributed by atoms with Crippen molar-refractivity contribution < 1.29 is 4.48 Å². The Labute approximate surface area is 132 Å². The summed E-state index contributed by atoms with van der Waals surface area (Å²) in [5, 5.41) is 0. The van der Waals surface area contributed by atoms with Gasteiger partial charge in [-0.1, -0.05) is 18.2 Å². The Morgan fingerprint density at radius 2 is 1.43 bits per heavy atom. The first-order valence-corrected chi connectivity index (χ1v) is 8.62. The Bertz CT molecular complexity index is 393. The summed E-state index contributed by atoms with van der Waals surface area (Å²) >= 11 is 0. The Balaban J connectivity index is 2.49. The van der Waals surface area contributed by atoms with Gasteiger partial charge in [-0.05, 0) is 58.6 Å². The van der Waals surface area contributed by atoms with Gasteiger partial charge in [0.15, 0.2) is 0 Å². The highest BCUT2D eigenvalue weighted by Gasteiger charge is 2.19. The lowest BCUT2D eigenvalue weighted by Gasteiger charge is -2.36. The monoisotopic (exact) mass is 291 g/mol. The molecule has 0 aliphatic rings. The second-order valence-electron chi connectivity index (χ2n) is 6.38. The summed E-state index contributed by atoms with van der Waals surface area (Å²) in [6.07, 6.45) is 2.61. The van der Waals surface area contributed by atoms with Crippen molar-refractivity contribution >= 4 is 5.69 Å². The molecular formula is C19H35N2+. The third-order valence-corrected chi connectivity index (χ3v) is 5.21. The number of hydrogen-bond donors (Lipinski definition) is 0.